The van der Waals surface area contributed by atoms with Crippen LogP contribution in [0.4, 0.5) is 4.79 Å². The number of carbonyl (C=O) groups excluding carboxylic acids is 2. The number of Topliss-reactive ketones (excluding diaryl/α,β-unsaturated/α-hetero) is 1. The van der Waals surface area contributed by atoms with Crippen molar-refractivity contribution in [2.24, 2.45) is 0 Å². The molecule has 0 spiro atoms. The lowest BCUT2D eigenvalue weighted by Gasteiger charge is -2.44. The van der Waals surface area contributed by atoms with Crippen LogP contribution in [-0.2, 0) is 9.53 Å². The quantitative estimate of drug-likeness (QED) is 0.711. The molecule has 2 heterocycles. The summed E-state index contributed by atoms with van der Waals surface area (Å²) in [5.41, 5.74) is 0. The largest absolute Gasteiger partial charge is 0.449 e. The Bertz CT molecular complexity index is 287. The molecule has 1 amide bonds. The van der Waals surface area contributed by atoms with Gasteiger partial charge in [0.05, 0.1) is 6.61 Å². The molecule has 2 rings (SSSR count). The molecule has 0 aromatic rings. The summed E-state index contributed by atoms with van der Waals surface area (Å²) in [6.07, 6.45) is 5.81. The second kappa shape index (κ2) is 5.52. The van der Waals surface area contributed by atoms with Gasteiger partial charge < -0.3 is 9.64 Å². The summed E-state index contributed by atoms with van der Waals surface area (Å²) in [7, 11) is 0. The van der Waals surface area contributed by atoms with Crippen molar-refractivity contribution in [1.82, 2.24) is 4.90 Å². The van der Waals surface area contributed by atoms with Gasteiger partial charge in [-0.05, 0) is 25.7 Å². The normalized spacial score (nSPS) is 28.1. The van der Waals surface area contributed by atoms with Crippen LogP contribution in [0.5, 0.6) is 0 Å². The SMILES string of the molecule is CCCCOC(=O)N1C2CCCC1CC(=O)C2. The molecule has 2 aliphatic heterocycles. The number of nitrogens with zero attached hydrogens (tertiary/aromatic N) is 1. The number of fused-ring (bicyclic) bond motifs is 2. The molecule has 4 heteroatoms. The van der Waals surface area contributed by atoms with Crippen LogP contribution in [0.1, 0.15) is 51.9 Å². The van der Waals surface area contributed by atoms with E-state index in [1.54, 1.807) is 0 Å². The van der Waals surface area contributed by atoms with E-state index in [-0.39, 0.29) is 18.2 Å². The van der Waals surface area contributed by atoms with Gasteiger partial charge in [0.15, 0.2) is 0 Å². The number of ether oxygens (including phenoxy) is 1. The fraction of sp³-hybridized carbons (Fsp3) is 0.846. The predicted molar refractivity (Wildman–Crippen MR) is 63.8 cm³/mol. The zero-order chi connectivity index (χ0) is 12.3. The number of ketones is 1. The maximum absolute atomic E-state index is 12.0. The van der Waals surface area contributed by atoms with E-state index in [2.05, 4.69) is 6.92 Å². The minimum atomic E-state index is -0.208. The van der Waals surface area contributed by atoms with Crippen LogP contribution in [0.3, 0.4) is 0 Å². The van der Waals surface area contributed by atoms with E-state index in [4.69, 9.17) is 4.74 Å². The molecule has 4 nitrogen and oxygen atoms in total. The summed E-state index contributed by atoms with van der Waals surface area (Å²) >= 11 is 0. The number of amides is 1. The van der Waals surface area contributed by atoms with E-state index < -0.39 is 0 Å². The first kappa shape index (κ1) is 12.4. The van der Waals surface area contributed by atoms with Crippen molar-refractivity contribution in [3.05, 3.63) is 0 Å². The Balaban J connectivity index is 1.94. The molecule has 0 aromatic carbocycles. The minimum absolute atomic E-state index is 0.101. The number of piperidine rings is 2. The molecule has 2 saturated heterocycles. The van der Waals surface area contributed by atoms with Crippen LogP contribution >= 0.6 is 0 Å². The summed E-state index contributed by atoms with van der Waals surface area (Å²) in [6.45, 7) is 2.57. The van der Waals surface area contributed by atoms with Crippen molar-refractivity contribution < 1.29 is 14.3 Å². The van der Waals surface area contributed by atoms with Crippen molar-refractivity contribution in [2.45, 2.75) is 64.0 Å². The molecule has 2 unspecified atom stereocenters. The third-order valence-electron chi connectivity index (χ3n) is 3.72. The fourth-order valence-corrected chi connectivity index (χ4v) is 2.85. The summed E-state index contributed by atoms with van der Waals surface area (Å²) in [4.78, 5) is 25.3. The van der Waals surface area contributed by atoms with Gasteiger partial charge in [-0.2, -0.15) is 0 Å². The Morgan fingerprint density at radius 2 is 2.00 bits per heavy atom. The van der Waals surface area contributed by atoms with Gasteiger partial charge in [-0.1, -0.05) is 13.3 Å². The van der Waals surface area contributed by atoms with Gasteiger partial charge in [0.1, 0.15) is 5.78 Å². The zero-order valence-corrected chi connectivity index (χ0v) is 10.5. The Morgan fingerprint density at radius 3 is 2.59 bits per heavy atom. The highest BCUT2D eigenvalue weighted by atomic mass is 16.6. The van der Waals surface area contributed by atoms with Crippen LogP contribution in [0.2, 0.25) is 0 Å². The second-order valence-corrected chi connectivity index (χ2v) is 5.06. The van der Waals surface area contributed by atoms with E-state index in [1.165, 1.54) is 0 Å². The first-order valence-electron chi connectivity index (χ1n) is 6.69. The van der Waals surface area contributed by atoms with Crippen molar-refractivity contribution >= 4 is 11.9 Å². The van der Waals surface area contributed by atoms with Gasteiger partial charge in [0, 0.05) is 24.9 Å². The van der Waals surface area contributed by atoms with E-state index in [1.807, 2.05) is 4.90 Å². The van der Waals surface area contributed by atoms with Gasteiger partial charge in [-0.25, -0.2) is 4.79 Å². The number of hydrogen-bond donors (Lipinski definition) is 0. The summed E-state index contributed by atoms with van der Waals surface area (Å²) in [6, 6.07) is 0.202. The van der Waals surface area contributed by atoms with Gasteiger partial charge in [-0.3, -0.25) is 4.79 Å². The van der Waals surface area contributed by atoms with Crippen molar-refractivity contribution in [3.63, 3.8) is 0 Å². The monoisotopic (exact) mass is 239 g/mol. The Hall–Kier alpha value is -1.06. The highest BCUT2D eigenvalue weighted by Crippen LogP contribution is 2.32. The van der Waals surface area contributed by atoms with E-state index in [0.717, 1.165) is 32.1 Å². The molecule has 0 N–H and O–H groups in total. The van der Waals surface area contributed by atoms with E-state index >= 15 is 0 Å². The number of carbonyl (C=O) groups is 2. The van der Waals surface area contributed by atoms with Gasteiger partial charge in [-0.15, -0.1) is 0 Å². The highest BCUT2D eigenvalue weighted by Gasteiger charge is 2.40. The van der Waals surface area contributed by atoms with Crippen molar-refractivity contribution in [3.8, 4) is 0 Å². The van der Waals surface area contributed by atoms with Crippen LogP contribution in [0, 0.1) is 0 Å². The van der Waals surface area contributed by atoms with Gasteiger partial charge >= 0.3 is 6.09 Å². The molecular formula is C13H21NO3. The lowest BCUT2D eigenvalue weighted by Crippen LogP contribution is -2.55. The molecule has 0 aliphatic carbocycles. The molecule has 96 valence electrons. The topological polar surface area (TPSA) is 46.6 Å². The predicted octanol–water partition coefficient (Wildman–Crippen LogP) is 2.51. The summed E-state index contributed by atoms with van der Waals surface area (Å²) < 4.78 is 5.27. The van der Waals surface area contributed by atoms with Gasteiger partial charge in [0.2, 0.25) is 0 Å². The minimum Gasteiger partial charge on any atom is -0.449 e. The standard InChI is InChI=1S/C13H21NO3/c1-2-3-7-17-13(16)14-10-5-4-6-11(14)9-12(15)8-10/h10-11H,2-9H2,1H3. The van der Waals surface area contributed by atoms with Crippen molar-refractivity contribution in [2.75, 3.05) is 6.61 Å². The molecule has 2 bridgehead atoms. The molecule has 17 heavy (non-hydrogen) atoms. The number of rotatable bonds is 3. The molecule has 0 aromatic heterocycles. The average Bonchev–Trinajstić information content (AvgIpc) is 2.27. The fourth-order valence-electron chi connectivity index (χ4n) is 2.85. The van der Waals surface area contributed by atoms with E-state index in [0.29, 0.717) is 25.2 Å². The lowest BCUT2D eigenvalue weighted by atomic mass is 9.84. The Labute approximate surface area is 102 Å². The second-order valence-electron chi connectivity index (χ2n) is 5.06. The van der Waals surface area contributed by atoms with Crippen LogP contribution in [0.15, 0.2) is 0 Å². The lowest BCUT2D eigenvalue weighted by molar-refractivity contribution is -0.126. The molecule has 0 radical (unpaired) electrons. The summed E-state index contributed by atoms with van der Waals surface area (Å²) in [5, 5.41) is 0. The van der Waals surface area contributed by atoms with E-state index in [9.17, 15) is 9.59 Å². The first-order chi connectivity index (χ1) is 8.22. The smallest absolute Gasteiger partial charge is 0.410 e. The van der Waals surface area contributed by atoms with Crippen LogP contribution in [0.25, 0.3) is 0 Å². The Kier molecular flexibility index (Phi) is 4.02. The average molecular weight is 239 g/mol. The number of unbranched alkanes of at least 4 members (excludes halogenated alkanes) is 1. The highest BCUT2D eigenvalue weighted by molar-refractivity contribution is 5.83. The van der Waals surface area contributed by atoms with Crippen LogP contribution < -0.4 is 0 Å². The maximum atomic E-state index is 12.0. The Morgan fingerprint density at radius 1 is 1.35 bits per heavy atom. The summed E-state index contributed by atoms with van der Waals surface area (Å²) in [5.74, 6) is 0.303. The molecule has 2 aliphatic rings. The molecule has 2 fully saturated rings. The zero-order valence-electron chi connectivity index (χ0n) is 10.5. The van der Waals surface area contributed by atoms with Gasteiger partial charge in [0.25, 0.3) is 0 Å². The first-order valence-corrected chi connectivity index (χ1v) is 6.69. The third-order valence-corrected chi connectivity index (χ3v) is 3.72. The number of hydrogen-bond acceptors (Lipinski definition) is 3. The maximum Gasteiger partial charge on any atom is 0.410 e. The van der Waals surface area contributed by atoms with Crippen molar-refractivity contribution in [1.29, 1.82) is 0 Å². The molecule has 0 saturated carbocycles. The molecular weight excluding hydrogens is 218 g/mol. The van der Waals surface area contributed by atoms with Crippen LogP contribution in [-0.4, -0.2) is 35.5 Å². The third kappa shape index (κ3) is 2.79. The molecule has 2 atom stereocenters.